The molecule has 4 aromatic rings. The first-order valence-corrected chi connectivity index (χ1v) is 22.9. The van der Waals surface area contributed by atoms with Gasteiger partial charge in [0.15, 0.2) is 0 Å². The number of aromatic nitrogens is 3. The number of benzene rings is 2. The number of anilines is 5. The van der Waals surface area contributed by atoms with Crippen LogP contribution in [-0.2, 0) is 7.05 Å². The minimum atomic E-state index is -2.78. The van der Waals surface area contributed by atoms with E-state index >= 15 is 8.78 Å². The molecule has 10 nitrogen and oxygen atoms in total. The number of alkyl halides is 2. The molecule has 10 rings (SSSR count). The van der Waals surface area contributed by atoms with Crippen molar-refractivity contribution in [2.45, 2.75) is 82.2 Å². The fraction of sp³-hybridized carbons (Fsp3) is 0.469. The van der Waals surface area contributed by atoms with Crippen LogP contribution < -0.4 is 30.7 Å². The fourth-order valence-corrected chi connectivity index (χ4v) is 10.9. The van der Waals surface area contributed by atoms with Gasteiger partial charge in [-0.2, -0.15) is 5.10 Å². The van der Waals surface area contributed by atoms with Gasteiger partial charge in [0.2, 0.25) is 0 Å². The monoisotopic (exact) mass is 860 g/mol. The largest absolute Gasteiger partial charge is 0.375 e. The Balaban J connectivity index is 0.767. The zero-order chi connectivity index (χ0) is 43.0. The van der Waals surface area contributed by atoms with Gasteiger partial charge >= 0.3 is 0 Å². The van der Waals surface area contributed by atoms with Crippen LogP contribution in [0.2, 0.25) is 5.02 Å². The van der Waals surface area contributed by atoms with Crippen LogP contribution in [-0.4, -0.2) is 84.0 Å². The van der Waals surface area contributed by atoms with Crippen LogP contribution in [0.1, 0.15) is 75.5 Å². The molecule has 3 saturated heterocycles. The van der Waals surface area contributed by atoms with Gasteiger partial charge in [-0.15, -0.1) is 0 Å². The molecule has 2 unspecified atom stereocenters. The predicted molar refractivity (Wildman–Crippen MR) is 250 cm³/mol. The molecule has 1 saturated carbocycles. The van der Waals surface area contributed by atoms with E-state index in [1.807, 2.05) is 41.9 Å². The number of likely N-dealkylation sites (N-methyl/N-ethyl adjacent to an activating group) is 1. The van der Waals surface area contributed by atoms with Gasteiger partial charge in [0, 0.05) is 123 Å². The number of hydrogen-bond acceptors (Lipinski definition) is 9. The number of allylic oxidation sites excluding steroid dienone is 3. The van der Waals surface area contributed by atoms with Crippen LogP contribution in [0.25, 0.3) is 16.6 Å². The van der Waals surface area contributed by atoms with E-state index < -0.39 is 12.0 Å². The Bertz CT molecular complexity index is 2480. The zero-order valence-electron chi connectivity index (χ0n) is 36.3. The Labute approximate surface area is 369 Å². The van der Waals surface area contributed by atoms with E-state index in [2.05, 4.69) is 81.6 Å². The van der Waals surface area contributed by atoms with E-state index in [9.17, 15) is 0 Å². The Morgan fingerprint density at radius 1 is 0.935 bits per heavy atom. The quantitative estimate of drug-likeness (QED) is 0.161. The number of piperazine rings is 1. The molecule has 0 amide bonds. The molecule has 0 bridgehead atoms. The van der Waals surface area contributed by atoms with Crippen LogP contribution in [0.4, 0.5) is 37.3 Å². The van der Waals surface area contributed by atoms with E-state index in [-0.39, 0.29) is 24.7 Å². The van der Waals surface area contributed by atoms with E-state index in [1.54, 1.807) is 6.20 Å². The number of nitrogens with zero attached hydrogens (tertiary/aromatic N) is 7. The molecule has 3 atom stereocenters. The average molecular weight is 862 g/mol. The van der Waals surface area contributed by atoms with Gasteiger partial charge < -0.3 is 30.7 Å². The third-order valence-corrected chi connectivity index (χ3v) is 14.9. The molecule has 7 heterocycles. The van der Waals surface area contributed by atoms with E-state index in [1.165, 1.54) is 29.4 Å². The fourth-order valence-electron chi connectivity index (χ4n) is 10.7. The summed E-state index contributed by atoms with van der Waals surface area (Å²) in [5.74, 6) is -1.05. The number of rotatable bonds is 8. The summed E-state index contributed by atoms with van der Waals surface area (Å²) in [4.78, 5) is 14.4. The first-order valence-electron chi connectivity index (χ1n) is 22.5. The van der Waals surface area contributed by atoms with Crippen LogP contribution in [0.15, 0.2) is 91.1 Å². The zero-order valence-corrected chi connectivity index (χ0v) is 37.0. The van der Waals surface area contributed by atoms with Crippen LogP contribution in [0, 0.1) is 11.8 Å². The van der Waals surface area contributed by atoms with Crippen molar-refractivity contribution in [2.75, 3.05) is 66.3 Å². The van der Waals surface area contributed by atoms with Crippen molar-refractivity contribution in [3.8, 4) is 0 Å². The molecule has 0 spiro atoms. The lowest BCUT2D eigenvalue weighted by Crippen LogP contribution is -2.54. The normalized spacial score (nSPS) is 24.8. The number of aryl methyl sites for hydroxylation is 1. The Kier molecular flexibility index (Phi) is 10.5. The summed E-state index contributed by atoms with van der Waals surface area (Å²) >= 11 is 6.79. The number of piperidine rings is 2. The highest BCUT2D eigenvalue weighted by atomic mass is 35.5. The molecule has 5 aliphatic heterocycles. The van der Waals surface area contributed by atoms with E-state index in [0.717, 1.165) is 127 Å². The van der Waals surface area contributed by atoms with Crippen molar-refractivity contribution in [1.29, 1.82) is 0 Å². The highest BCUT2D eigenvalue weighted by Gasteiger charge is 2.50. The molecular weight excluding hydrogens is 802 g/mol. The van der Waals surface area contributed by atoms with Gasteiger partial charge in [0.1, 0.15) is 5.82 Å². The van der Waals surface area contributed by atoms with Crippen LogP contribution in [0.5, 0.6) is 0 Å². The van der Waals surface area contributed by atoms with Crippen molar-refractivity contribution in [3.05, 3.63) is 107 Å². The third-order valence-electron chi connectivity index (χ3n) is 14.6. The summed E-state index contributed by atoms with van der Waals surface area (Å²) < 4.78 is 32.8. The molecule has 0 radical (unpaired) electrons. The van der Waals surface area contributed by atoms with E-state index in [0.29, 0.717) is 17.0 Å². The smallest absolute Gasteiger partial charge is 0.268 e. The van der Waals surface area contributed by atoms with Crippen molar-refractivity contribution in [2.24, 2.45) is 18.9 Å². The maximum atomic E-state index is 15.4. The summed E-state index contributed by atoms with van der Waals surface area (Å²) in [6.07, 6.45) is 7.76. The molecule has 4 fully saturated rings. The summed E-state index contributed by atoms with van der Waals surface area (Å²) in [5, 5.41) is 17.0. The Morgan fingerprint density at radius 3 is 2.50 bits per heavy atom. The van der Waals surface area contributed by atoms with Gasteiger partial charge in [-0.1, -0.05) is 31.3 Å². The van der Waals surface area contributed by atoms with Crippen molar-refractivity contribution < 1.29 is 8.78 Å². The second-order valence-corrected chi connectivity index (χ2v) is 19.1. The number of nitrogens with one attached hydrogen (secondary N) is 3. The number of hydrogen-bond donors (Lipinski definition) is 3. The molecular formula is C49H59ClF2N10. The van der Waals surface area contributed by atoms with Crippen molar-refractivity contribution in [1.82, 2.24) is 30.3 Å². The molecule has 326 valence electrons. The molecule has 13 heteroatoms. The van der Waals surface area contributed by atoms with Gasteiger partial charge in [-0.05, 0) is 106 Å². The average Bonchev–Trinajstić information content (AvgIpc) is 4.06. The van der Waals surface area contributed by atoms with Gasteiger partial charge in [-0.25, -0.2) is 13.8 Å². The van der Waals surface area contributed by atoms with Gasteiger partial charge in [0.25, 0.3) is 5.92 Å². The lowest BCUT2D eigenvalue weighted by Gasteiger charge is -2.43. The molecule has 3 N–H and O–H groups in total. The Morgan fingerprint density at radius 2 is 1.74 bits per heavy atom. The SMILES string of the molecule is C=C1CCC(c2nn(C)c3cc(N4CCC(CN5CCN(c6cc(Nc7ccc8c(c7)C7=C(CCC(F)(F)C(C9CC9)N7)C(=C)N8C)c(Cl)cn6)C[C@@H]5C)CC4)ccc23)C(=C)N1. The van der Waals surface area contributed by atoms with Crippen LogP contribution in [0.3, 0.4) is 0 Å². The van der Waals surface area contributed by atoms with Gasteiger partial charge in [0.05, 0.1) is 39.8 Å². The minimum absolute atomic E-state index is 0.00514. The predicted octanol–water partition coefficient (Wildman–Crippen LogP) is 9.76. The molecule has 2 aromatic carbocycles. The van der Waals surface area contributed by atoms with Crippen molar-refractivity contribution in [3.63, 3.8) is 0 Å². The molecule has 6 aliphatic rings. The first-order chi connectivity index (χ1) is 29.8. The highest BCUT2D eigenvalue weighted by molar-refractivity contribution is 6.33. The second kappa shape index (κ2) is 15.9. The second-order valence-electron chi connectivity index (χ2n) is 18.7. The maximum Gasteiger partial charge on any atom is 0.268 e. The lowest BCUT2D eigenvalue weighted by molar-refractivity contribution is -0.0441. The molecule has 62 heavy (non-hydrogen) atoms. The Hall–Kier alpha value is -5.07. The lowest BCUT2D eigenvalue weighted by atomic mass is 9.90. The van der Waals surface area contributed by atoms with Crippen LogP contribution >= 0.6 is 11.6 Å². The van der Waals surface area contributed by atoms with Crippen molar-refractivity contribution >= 4 is 56.8 Å². The molecule has 1 aliphatic carbocycles. The number of fused-ring (bicyclic) bond motifs is 3. The third kappa shape index (κ3) is 7.61. The minimum Gasteiger partial charge on any atom is -0.375 e. The first kappa shape index (κ1) is 41.0. The summed E-state index contributed by atoms with van der Waals surface area (Å²) in [5.41, 5.74) is 11.4. The van der Waals surface area contributed by atoms with E-state index in [4.69, 9.17) is 21.7 Å². The summed E-state index contributed by atoms with van der Waals surface area (Å²) in [6.45, 7) is 21.0. The highest BCUT2D eigenvalue weighted by Crippen LogP contribution is 2.49. The number of pyridine rings is 1. The number of halogens is 3. The standard InChI is InChI=1S/C49H59ClF2N10/c1-29-7-12-37(31(3)54-29)47-39-13-11-36(24-44(39)59(6)57-47)60-19-16-33(17-20-60)28-61-21-22-62(27-30(61)2)45-25-42(41(50)26-53-45)55-35-10-14-43-40(23-35)46-38(32(4)58(43)5)15-18-49(51,52)48(56-46)34-8-9-34/h10-11,13-14,23-26,30,33-34,37,48,54,56H,1,3-4,7-9,12,15-22,27-28H2,2,5-6H3,(H,53,55)/t30-,37?,48?/m0/s1. The maximum absolute atomic E-state index is 15.4. The molecule has 2 aromatic heterocycles. The summed E-state index contributed by atoms with van der Waals surface area (Å²) in [6, 6.07) is 14.5. The van der Waals surface area contributed by atoms with Gasteiger partial charge in [-0.3, -0.25) is 9.58 Å². The topological polar surface area (TPSA) is 79.8 Å². The summed E-state index contributed by atoms with van der Waals surface area (Å²) in [7, 11) is 4.01.